The molecule has 3 N–H and O–H groups in total. The smallest absolute Gasteiger partial charge is 0.141 e. The standard InChI is InChI=1S/C7H11N3S/c1-2-11-7-5-3-4-6(9-7)10-8/h3-5H,2,8H2,1H3,(H,9,10). The Balaban J connectivity index is 2.74. The second-order valence-electron chi connectivity index (χ2n) is 1.94. The third-order valence-corrected chi connectivity index (χ3v) is 1.98. The number of hydrazine groups is 1. The third-order valence-electron chi connectivity index (χ3n) is 1.16. The average Bonchev–Trinajstić information content (AvgIpc) is 2.06. The summed E-state index contributed by atoms with van der Waals surface area (Å²) in [6.07, 6.45) is 0. The van der Waals surface area contributed by atoms with Crippen LogP contribution in [-0.4, -0.2) is 10.7 Å². The van der Waals surface area contributed by atoms with Crippen LogP contribution in [0.25, 0.3) is 0 Å². The van der Waals surface area contributed by atoms with Gasteiger partial charge < -0.3 is 5.43 Å². The predicted molar refractivity (Wildman–Crippen MR) is 48.4 cm³/mol. The molecule has 1 heterocycles. The van der Waals surface area contributed by atoms with Gasteiger partial charge in [-0.25, -0.2) is 10.8 Å². The van der Waals surface area contributed by atoms with Crippen molar-refractivity contribution in [1.29, 1.82) is 0 Å². The van der Waals surface area contributed by atoms with Crippen molar-refractivity contribution in [3.63, 3.8) is 0 Å². The Hall–Kier alpha value is -0.740. The highest BCUT2D eigenvalue weighted by Crippen LogP contribution is 2.15. The van der Waals surface area contributed by atoms with E-state index in [4.69, 9.17) is 5.84 Å². The van der Waals surface area contributed by atoms with Crippen LogP contribution in [0.3, 0.4) is 0 Å². The summed E-state index contributed by atoms with van der Waals surface area (Å²) in [5.74, 6) is 6.93. The van der Waals surface area contributed by atoms with E-state index in [-0.39, 0.29) is 0 Å². The van der Waals surface area contributed by atoms with Gasteiger partial charge in [0, 0.05) is 0 Å². The van der Waals surface area contributed by atoms with E-state index < -0.39 is 0 Å². The Morgan fingerprint density at radius 1 is 1.64 bits per heavy atom. The van der Waals surface area contributed by atoms with Gasteiger partial charge in [-0.05, 0) is 17.9 Å². The van der Waals surface area contributed by atoms with Crippen molar-refractivity contribution >= 4 is 17.6 Å². The van der Waals surface area contributed by atoms with Crippen molar-refractivity contribution in [1.82, 2.24) is 4.98 Å². The van der Waals surface area contributed by atoms with Gasteiger partial charge >= 0.3 is 0 Å². The molecular weight excluding hydrogens is 158 g/mol. The molecule has 1 aromatic heterocycles. The number of hydrogen-bond donors (Lipinski definition) is 2. The average molecular weight is 169 g/mol. The van der Waals surface area contributed by atoms with E-state index in [9.17, 15) is 0 Å². The lowest BCUT2D eigenvalue weighted by Gasteiger charge is -2.00. The van der Waals surface area contributed by atoms with Gasteiger partial charge in [0.1, 0.15) is 5.82 Å². The van der Waals surface area contributed by atoms with Crippen molar-refractivity contribution in [2.24, 2.45) is 5.84 Å². The molecule has 0 atom stereocenters. The zero-order valence-corrected chi connectivity index (χ0v) is 7.19. The summed E-state index contributed by atoms with van der Waals surface area (Å²) < 4.78 is 0. The van der Waals surface area contributed by atoms with E-state index in [0.717, 1.165) is 10.8 Å². The molecule has 11 heavy (non-hydrogen) atoms. The third kappa shape index (κ3) is 2.40. The maximum absolute atomic E-state index is 5.19. The summed E-state index contributed by atoms with van der Waals surface area (Å²) in [4.78, 5) is 4.21. The summed E-state index contributed by atoms with van der Waals surface area (Å²) in [5, 5.41) is 1.00. The first-order chi connectivity index (χ1) is 5.36. The summed E-state index contributed by atoms with van der Waals surface area (Å²) in [7, 11) is 0. The highest BCUT2D eigenvalue weighted by Gasteiger charge is 1.93. The van der Waals surface area contributed by atoms with Gasteiger partial charge in [-0.1, -0.05) is 13.0 Å². The van der Waals surface area contributed by atoms with Crippen LogP contribution in [0, 0.1) is 0 Å². The Kier molecular flexibility index (Phi) is 3.19. The minimum Gasteiger partial charge on any atom is -0.308 e. The van der Waals surface area contributed by atoms with Gasteiger partial charge in [0.2, 0.25) is 0 Å². The number of aromatic nitrogens is 1. The summed E-state index contributed by atoms with van der Waals surface area (Å²) >= 11 is 1.70. The maximum Gasteiger partial charge on any atom is 0.141 e. The molecule has 0 bridgehead atoms. The first kappa shape index (κ1) is 8.36. The fourth-order valence-corrected chi connectivity index (χ4v) is 1.36. The van der Waals surface area contributed by atoms with E-state index in [1.807, 2.05) is 18.2 Å². The number of anilines is 1. The molecule has 0 fully saturated rings. The molecule has 0 radical (unpaired) electrons. The number of nitrogens with one attached hydrogen (secondary N) is 1. The van der Waals surface area contributed by atoms with Gasteiger partial charge in [0.15, 0.2) is 0 Å². The van der Waals surface area contributed by atoms with Gasteiger partial charge in [-0.3, -0.25) is 0 Å². The summed E-state index contributed by atoms with van der Waals surface area (Å²) in [5.41, 5.74) is 2.50. The minimum absolute atomic E-state index is 0.712. The van der Waals surface area contributed by atoms with Crippen LogP contribution >= 0.6 is 11.8 Å². The normalized spacial score (nSPS) is 9.64. The number of nitrogen functional groups attached to an aromatic ring is 1. The number of nitrogens with zero attached hydrogens (tertiary/aromatic N) is 1. The van der Waals surface area contributed by atoms with Gasteiger partial charge in [-0.2, -0.15) is 0 Å². The van der Waals surface area contributed by atoms with Crippen LogP contribution in [0.2, 0.25) is 0 Å². The van der Waals surface area contributed by atoms with Crippen molar-refractivity contribution < 1.29 is 0 Å². The van der Waals surface area contributed by atoms with Crippen LogP contribution in [0.4, 0.5) is 5.82 Å². The topological polar surface area (TPSA) is 50.9 Å². The van der Waals surface area contributed by atoms with Crippen molar-refractivity contribution in [2.75, 3.05) is 11.2 Å². The van der Waals surface area contributed by atoms with E-state index in [1.165, 1.54) is 0 Å². The van der Waals surface area contributed by atoms with Gasteiger partial charge in [-0.15, -0.1) is 11.8 Å². The number of rotatable bonds is 3. The Morgan fingerprint density at radius 3 is 3.09 bits per heavy atom. The van der Waals surface area contributed by atoms with Crippen LogP contribution in [0.5, 0.6) is 0 Å². The molecule has 1 aromatic rings. The minimum atomic E-state index is 0.712. The fourth-order valence-electron chi connectivity index (χ4n) is 0.723. The second-order valence-corrected chi connectivity index (χ2v) is 3.22. The quantitative estimate of drug-likeness (QED) is 0.409. The molecular formula is C7H11N3S. The maximum atomic E-state index is 5.19. The second kappa shape index (κ2) is 4.20. The molecule has 0 spiro atoms. The fraction of sp³-hybridized carbons (Fsp3) is 0.286. The molecule has 60 valence electrons. The van der Waals surface area contributed by atoms with Crippen LogP contribution in [0.15, 0.2) is 23.2 Å². The zero-order valence-electron chi connectivity index (χ0n) is 6.37. The number of thioether (sulfide) groups is 1. The van der Waals surface area contributed by atoms with Gasteiger partial charge in [0.05, 0.1) is 5.03 Å². The van der Waals surface area contributed by atoms with Crippen LogP contribution in [0.1, 0.15) is 6.92 Å². The van der Waals surface area contributed by atoms with Crippen molar-refractivity contribution in [3.8, 4) is 0 Å². The molecule has 0 aliphatic heterocycles. The van der Waals surface area contributed by atoms with E-state index in [2.05, 4.69) is 17.3 Å². The highest BCUT2D eigenvalue weighted by atomic mass is 32.2. The molecule has 4 heteroatoms. The molecule has 0 unspecified atom stereocenters. The van der Waals surface area contributed by atoms with Crippen molar-refractivity contribution in [2.45, 2.75) is 11.9 Å². The molecule has 0 aliphatic rings. The van der Waals surface area contributed by atoms with E-state index in [0.29, 0.717) is 5.82 Å². The zero-order chi connectivity index (χ0) is 8.10. The largest absolute Gasteiger partial charge is 0.308 e. The molecule has 0 saturated carbocycles. The monoisotopic (exact) mass is 169 g/mol. The van der Waals surface area contributed by atoms with E-state index in [1.54, 1.807) is 11.8 Å². The molecule has 3 nitrogen and oxygen atoms in total. The van der Waals surface area contributed by atoms with E-state index >= 15 is 0 Å². The number of hydrogen-bond acceptors (Lipinski definition) is 4. The summed E-state index contributed by atoms with van der Waals surface area (Å²) in [6.45, 7) is 2.09. The molecule has 1 rings (SSSR count). The predicted octanol–water partition coefficient (Wildman–Crippen LogP) is 1.48. The number of nitrogens with two attached hydrogens (primary N) is 1. The lowest BCUT2D eigenvalue weighted by atomic mass is 10.5. The first-order valence-electron chi connectivity index (χ1n) is 3.43. The summed E-state index contributed by atoms with van der Waals surface area (Å²) in [6, 6.07) is 5.73. The Morgan fingerprint density at radius 2 is 2.45 bits per heavy atom. The first-order valence-corrected chi connectivity index (χ1v) is 4.42. The number of pyridine rings is 1. The molecule has 0 saturated heterocycles. The highest BCUT2D eigenvalue weighted by molar-refractivity contribution is 7.99. The SMILES string of the molecule is CCSc1cccc(NN)n1. The van der Waals surface area contributed by atoms with Crippen molar-refractivity contribution in [3.05, 3.63) is 18.2 Å². The van der Waals surface area contributed by atoms with Crippen LogP contribution in [-0.2, 0) is 0 Å². The lowest BCUT2D eigenvalue weighted by molar-refractivity contribution is 1.11. The lowest BCUT2D eigenvalue weighted by Crippen LogP contribution is -2.08. The molecule has 0 aromatic carbocycles. The van der Waals surface area contributed by atoms with Gasteiger partial charge in [0.25, 0.3) is 0 Å². The molecule has 0 amide bonds. The van der Waals surface area contributed by atoms with Crippen LogP contribution < -0.4 is 11.3 Å². The Bertz CT molecular complexity index is 227. The Labute approximate surface area is 70.4 Å². The molecule has 0 aliphatic carbocycles.